The van der Waals surface area contributed by atoms with E-state index in [0.29, 0.717) is 13.1 Å². The van der Waals surface area contributed by atoms with Crippen molar-refractivity contribution in [3.8, 4) is 0 Å². The third-order valence-corrected chi connectivity index (χ3v) is 2.73. The topological polar surface area (TPSA) is 66.6 Å². The molecule has 1 fully saturated rings. The number of piperidine rings is 1. The van der Waals surface area contributed by atoms with Crippen LogP contribution in [0.3, 0.4) is 0 Å². The summed E-state index contributed by atoms with van der Waals surface area (Å²) in [5.74, 6) is 0.125. The number of carbonyl (C=O) groups is 1. The van der Waals surface area contributed by atoms with Gasteiger partial charge in [-0.15, -0.1) is 0 Å². The molecule has 0 radical (unpaired) electrons. The molecule has 0 aromatic rings. The molecule has 0 saturated carbocycles. The number of carbonyl (C=O) groups excluding carboxylic acids is 1. The van der Waals surface area contributed by atoms with Gasteiger partial charge in [-0.05, 0) is 25.8 Å². The molecule has 4 nitrogen and oxygen atoms in total. The van der Waals surface area contributed by atoms with E-state index in [1.54, 1.807) is 4.90 Å². The number of rotatable bonds is 3. The first kappa shape index (κ1) is 11.5. The van der Waals surface area contributed by atoms with Gasteiger partial charge in [0.25, 0.3) is 0 Å². The first-order valence-corrected chi connectivity index (χ1v) is 5.32. The van der Waals surface area contributed by atoms with Crippen molar-refractivity contribution in [3.63, 3.8) is 0 Å². The molecule has 82 valence electrons. The number of nitrogens with two attached hydrogens (primary N) is 1. The Morgan fingerprint density at radius 2 is 2.43 bits per heavy atom. The molecule has 1 rings (SSSR count). The molecular formula is C10H20N2O2. The van der Waals surface area contributed by atoms with Crippen LogP contribution in [0.25, 0.3) is 0 Å². The first-order chi connectivity index (χ1) is 6.65. The molecule has 2 atom stereocenters. The number of β-amino-alcohol motifs (C(OH)–C–C–N with tert-alkyl or cyclic N) is 1. The van der Waals surface area contributed by atoms with Crippen molar-refractivity contribution < 1.29 is 9.90 Å². The Labute approximate surface area is 85.1 Å². The summed E-state index contributed by atoms with van der Waals surface area (Å²) in [4.78, 5) is 13.6. The molecule has 0 aromatic carbocycles. The lowest BCUT2D eigenvalue weighted by atomic mass is 10.0. The Morgan fingerprint density at radius 1 is 1.71 bits per heavy atom. The maximum atomic E-state index is 11.8. The number of hydrogen-bond donors (Lipinski definition) is 2. The molecule has 0 aliphatic carbocycles. The molecule has 4 heteroatoms. The van der Waals surface area contributed by atoms with Gasteiger partial charge in [0, 0.05) is 19.0 Å². The summed E-state index contributed by atoms with van der Waals surface area (Å²) >= 11 is 0. The molecule has 1 aliphatic rings. The van der Waals surface area contributed by atoms with Gasteiger partial charge >= 0.3 is 0 Å². The zero-order valence-electron chi connectivity index (χ0n) is 8.78. The van der Waals surface area contributed by atoms with Crippen molar-refractivity contribution in [1.29, 1.82) is 0 Å². The summed E-state index contributed by atoms with van der Waals surface area (Å²) < 4.78 is 0. The third-order valence-electron chi connectivity index (χ3n) is 2.73. The normalized spacial score (nSPS) is 24.8. The first-order valence-electron chi connectivity index (χ1n) is 5.32. The van der Waals surface area contributed by atoms with Crippen molar-refractivity contribution in [2.45, 2.75) is 32.3 Å². The highest BCUT2D eigenvalue weighted by Crippen LogP contribution is 2.14. The Morgan fingerprint density at radius 3 is 3.00 bits per heavy atom. The molecule has 14 heavy (non-hydrogen) atoms. The van der Waals surface area contributed by atoms with E-state index in [0.717, 1.165) is 25.8 Å². The summed E-state index contributed by atoms with van der Waals surface area (Å²) in [5, 5.41) is 9.42. The monoisotopic (exact) mass is 200 g/mol. The van der Waals surface area contributed by atoms with E-state index < -0.39 is 0 Å². The Balaban J connectivity index is 2.42. The van der Waals surface area contributed by atoms with Crippen molar-refractivity contribution >= 4 is 5.91 Å². The summed E-state index contributed by atoms with van der Waals surface area (Å²) in [6.45, 7) is 3.72. The maximum Gasteiger partial charge on any atom is 0.225 e. The number of aliphatic hydroxyl groups is 1. The van der Waals surface area contributed by atoms with Crippen molar-refractivity contribution in [1.82, 2.24) is 4.90 Å². The molecule has 1 heterocycles. The lowest BCUT2D eigenvalue weighted by Crippen LogP contribution is -2.44. The number of aliphatic hydroxyl groups excluding tert-OH is 1. The second-order valence-electron chi connectivity index (χ2n) is 4.06. The minimum Gasteiger partial charge on any atom is -0.391 e. The average Bonchev–Trinajstić information content (AvgIpc) is 2.17. The van der Waals surface area contributed by atoms with Crippen LogP contribution in [0, 0.1) is 5.92 Å². The van der Waals surface area contributed by atoms with E-state index in [4.69, 9.17) is 5.73 Å². The Kier molecular flexibility index (Phi) is 4.35. The largest absolute Gasteiger partial charge is 0.391 e. The van der Waals surface area contributed by atoms with Crippen LogP contribution in [0.15, 0.2) is 0 Å². The van der Waals surface area contributed by atoms with Crippen LogP contribution in [0.1, 0.15) is 26.2 Å². The standard InChI is InChI=1S/C10H20N2O2/c1-8(4-5-11)10(14)12-6-2-3-9(13)7-12/h8-9,13H,2-7,11H2,1H3. The fourth-order valence-corrected chi connectivity index (χ4v) is 1.84. The summed E-state index contributed by atoms with van der Waals surface area (Å²) in [6.07, 6.45) is 2.11. The van der Waals surface area contributed by atoms with Gasteiger partial charge in [-0.25, -0.2) is 0 Å². The maximum absolute atomic E-state index is 11.8. The highest BCUT2D eigenvalue weighted by molar-refractivity contribution is 5.78. The highest BCUT2D eigenvalue weighted by Gasteiger charge is 2.24. The van der Waals surface area contributed by atoms with E-state index in [9.17, 15) is 9.90 Å². The summed E-state index contributed by atoms with van der Waals surface area (Å²) in [5.41, 5.74) is 5.40. The van der Waals surface area contributed by atoms with Crippen molar-refractivity contribution in [3.05, 3.63) is 0 Å². The number of likely N-dealkylation sites (tertiary alicyclic amines) is 1. The minimum absolute atomic E-state index is 0.00898. The van der Waals surface area contributed by atoms with Crippen LogP contribution < -0.4 is 5.73 Å². The molecule has 0 aromatic heterocycles. The number of hydrogen-bond acceptors (Lipinski definition) is 3. The zero-order valence-corrected chi connectivity index (χ0v) is 8.78. The van der Waals surface area contributed by atoms with Gasteiger partial charge in [0.2, 0.25) is 5.91 Å². The molecule has 3 N–H and O–H groups in total. The fraction of sp³-hybridized carbons (Fsp3) is 0.900. The van der Waals surface area contributed by atoms with E-state index in [2.05, 4.69) is 0 Å². The predicted molar refractivity (Wildman–Crippen MR) is 54.7 cm³/mol. The highest BCUT2D eigenvalue weighted by atomic mass is 16.3. The molecule has 1 aliphatic heterocycles. The minimum atomic E-state index is -0.335. The van der Waals surface area contributed by atoms with Crippen LogP contribution in [0.4, 0.5) is 0 Å². The van der Waals surface area contributed by atoms with E-state index in [1.807, 2.05) is 6.92 Å². The number of nitrogens with zero attached hydrogens (tertiary/aromatic N) is 1. The third kappa shape index (κ3) is 2.96. The van der Waals surface area contributed by atoms with Gasteiger partial charge in [-0.3, -0.25) is 4.79 Å². The molecule has 0 spiro atoms. The predicted octanol–water partition coefficient (Wildman–Crippen LogP) is -0.0454. The lowest BCUT2D eigenvalue weighted by Gasteiger charge is -2.32. The van der Waals surface area contributed by atoms with E-state index in [1.165, 1.54) is 0 Å². The fourth-order valence-electron chi connectivity index (χ4n) is 1.84. The van der Waals surface area contributed by atoms with E-state index >= 15 is 0 Å². The Bertz CT molecular complexity index is 197. The van der Waals surface area contributed by atoms with Gasteiger partial charge in [0.15, 0.2) is 0 Å². The van der Waals surface area contributed by atoms with Crippen molar-refractivity contribution in [2.24, 2.45) is 11.7 Å². The second kappa shape index (κ2) is 5.32. The van der Waals surface area contributed by atoms with Crippen LogP contribution in [-0.4, -0.2) is 41.7 Å². The van der Waals surface area contributed by atoms with Crippen LogP contribution >= 0.6 is 0 Å². The van der Waals surface area contributed by atoms with Gasteiger partial charge in [-0.1, -0.05) is 6.92 Å². The molecule has 0 bridgehead atoms. The van der Waals surface area contributed by atoms with Gasteiger partial charge in [0.05, 0.1) is 6.10 Å². The zero-order chi connectivity index (χ0) is 10.6. The van der Waals surface area contributed by atoms with Crippen LogP contribution in [0.5, 0.6) is 0 Å². The molecule has 1 amide bonds. The summed E-state index contributed by atoms with van der Waals surface area (Å²) in [7, 11) is 0. The quantitative estimate of drug-likeness (QED) is 0.671. The van der Waals surface area contributed by atoms with Crippen molar-refractivity contribution in [2.75, 3.05) is 19.6 Å². The average molecular weight is 200 g/mol. The smallest absolute Gasteiger partial charge is 0.225 e. The molecular weight excluding hydrogens is 180 g/mol. The molecule has 1 saturated heterocycles. The van der Waals surface area contributed by atoms with E-state index in [-0.39, 0.29) is 17.9 Å². The second-order valence-corrected chi connectivity index (χ2v) is 4.06. The van der Waals surface area contributed by atoms with Gasteiger partial charge in [-0.2, -0.15) is 0 Å². The molecule has 2 unspecified atom stereocenters. The van der Waals surface area contributed by atoms with Crippen LogP contribution in [-0.2, 0) is 4.79 Å². The number of amides is 1. The SMILES string of the molecule is CC(CCN)C(=O)N1CCCC(O)C1. The summed E-state index contributed by atoms with van der Waals surface area (Å²) in [6, 6.07) is 0. The van der Waals surface area contributed by atoms with Gasteiger partial charge < -0.3 is 15.7 Å². The lowest BCUT2D eigenvalue weighted by molar-refractivity contribution is -0.138. The Hall–Kier alpha value is -0.610. The van der Waals surface area contributed by atoms with Crippen LogP contribution in [0.2, 0.25) is 0 Å². The van der Waals surface area contributed by atoms with Gasteiger partial charge in [0.1, 0.15) is 0 Å².